The quantitative estimate of drug-likeness (QED) is 0.892. The number of carbonyl (C=O) groups excluding carboxylic acids is 1. The SMILES string of the molecule is CCCc1nc(C)cc(N2CCC3(CC2)C(C(=O)O)CC(=O)N3C)n1. The lowest BCUT2D eigenvalue weighted by Gasteiger charge is -2.45. The molecule has 25 heavy (non-hydrogen) atoms. The Labute approximate surface area is 148 Å². The van der Waals surface area contributed by atoms with E-state index in [-0.39, 0.29) is 12.3 Å². The van der Waals surface area contributed by atoms with Gasteiger partial charge in [0.25, 0.3) is 0 Å². The number of aliphatic carboxylic acids is 1. The van der Waals surface area contributed by atoms with Crippen LogP contribution >= 0.6 is 0 Å². The summed E-state index contributed by atoms with van der Waals surface area (Å²) in [4.78, 5) is 36.8. The van der Waals surface area contributed by atoms with Crippen molar-refractivity contribution in [3.05, 3.63) is 17.6 Å². The monoisotopic (exact) mass is 346 g/mol. The van der Waals surface area contributed by atoms with Crippen LogP contribution in [0.1, 0.15) is 44.1 Å². The Morgan fingerprint density at radius 1 is 1.36 bits per heavy atom. The summed E-state index contributed by atoms with van der Waals surface area (Å²) in [5, 5.41) is 9.57. The highest BCUT2D eigenvalue weighted by molar-refractivity contribution is 5.88. The molecule has 3 rings (SSSR count). The number of carboxylic acids is 1. The second-order valence-corrected chi connectivity index (χ2v) is 7.17. The molecule has 1 atom stereocenters. The molecule has 0 aromatic carbocycles. The lowest BCUT2D eigenvalue weighted by molar-refractivity contribution is -0.145. The number of aryl methyl sites for hydroxylation is 2. The number of amides is 1. The molecule has 2 fully saturated rings. The predicted octanol–water partition coefficient (Wildman–Crippen LogP) is 1.64. The summed E-state index contributed by atoms with van der Waals surface area (Å²) in [5.74, 6) is 0.215. The fraction of sp³-hybridized carbons (Fsp3) is 0.667. The first-order valence-corrected chi connectivity index (χ1v) is 8.96. The molecule has 1 aromatic rings. The van der Waals surface area contributed by atoms with Crippen LogP contribution in [-0.4, -0.2) is 57.5 Å². The topological polar surface area (TPSA) is 86.6 Å². The Hall–Kier alpha value is -2.18. The Balaban J connectivity index is 1.79. The van der Waals surface area contributed by atoms with Gasteiger partial charge in [-0.15, -0.1) is 0 Å². The summed E-state index contributed by atoms with van der Waals surface area (Å²) in [6.45, 7) is 5.47. The van der Waals surface area contributed by atoms with E-state index in [1.54, 1.807) is 11.9 Å². The van der Waals surface area contributed by atoms with Gasteiger partial charge in [-0.25, -0.2) is 9.97 Å². The molecule has 1 aromatic heterocycles. The highest BCUT2D eigenvalue weighted by atomic mass is 16.4. The van der Waals surface area contributed by atoms with Crippen LogP contribution in [-0.2, 0) is 16.0 Å². The maximum Gasteiger partial charge on any atom is 0.309 e. The highest BCUT2D eigenvalue weighted by Crippen LogP contribution is 2.43. The van der Waals surface area contributed by atoms with Crippen LogP contribution in [0.15, 0.2) is 6.07 Å². The fourth-order valence-corrected chi connectivity index (χ4v) is 4.22. The molecule has 0 aliphatic carbocycles. The van der Waals surface area contributed by atoms with Gasteiger partial charge in [0.15, 0.2) is 0 Å². The van der Waals surface area contributed by atoms with Crippen LogP contribution in [0.25, 0.3) is 0 Å². The molecule has 1 amide bonds. The van der Waals surface area contributed by atoms with E-state index in [9.17, 15) is 14.7 Å². The minimum absolute atomic E-state index is 0.0658. The third-order valence-electron chi connectivity index (χ3n) is 5.68. The van der Waals surface area contributed by atoms with Gasteiger partial charge in [0.1, 0.15) is 11.6 Å². The molecule has 7 nitrogen and oxygen atoms in total. The molecule has 0 bridgehead atoms. The normalized spacial score (nSPS) is 22.7. The maximum absolute atomic E-state index is 12.1. The number of likely N-dealkylation sites (tertiary alicyclic amines) is 1. The molecule has 136 valence electrons. The van der Waals surface area contributed by atoms with Gasteiger partial charge >= 0.3 is 5.97 Å². The zero-order valence-corrected chi connectivity index (χ0v) is 15.2. The predicted molar refractivity (Wildman–Crippen MR) is 93.5 cm³/mol. The van der Waals surface area contributed by atoms with Gasteiger partial charge in [-0.3, -0.25) is 9.59 Å². The number of hydrogen-bond donors (Lipinski definition) is 1. The van der Waals surface area contributed by atoms with Crippen molar-refractivity contribution in [1.82, 2.24) is 14.9 Å². The van der Waals surface area contributed by atoms with Crippen molar-refractivity contribution >= 4 is 17.7 Å². The molecular formula is C18H26N4O3. The van der Waals surface area contributed by atoms with Gasteiger partial charge in [-0.2, -0.15) is 0 Å². The number of nitrogens with zero attached hydrogens (tertiary/aromatic N) is 4. The summed E-state index contributed by atoms with van der Waals surface area (Å²) >= 11 is 0. The third kappa shape index (κ3) is 3.07. The van der Waals surface area contributed by atoms with Gasteiger partial charge < -0.3 is 14.9 Å². The molecule has 3 heterocycles. The van der Waals surface area contributed by atoms with Crippen LogP contribution in [0.5, 0.6) is 0 Å². The van der Waals surface area contributed by atoms with Crippen molar-refractivity contribution in [2.75, 3.05) is 25.0 Å². The van der Waals surface area contributed by atoms with Crippen molar-refractivity contribution in [3.63, 3.8) is 0 Å². The summed E-state index contributed by atoms with van der Waals surface area (Å²) in [6, 6.07) is 1.98. The Bertz CT molecular complexity index is 683. The zero-order valence-electron chi connectivity index (χ0n) is 15.2. The molecule has 2 aliphatic heterocycles. The van der Waals surface area contributed by atoms with Crippen LogP contribution in [0.3, 0.4) is 0 Å². The molecule has 0 radical (unpaired) electrons. The standard InChI is InChI=1S/C18H26N4O3/c1-4-5-14-19-12(2)10-15(20-14)22-8-6-18(7-9-22)13(17(24)25)11-16(23)21(18)3/h10,13H,4-9,11H2,1-3H3,(H,24,25). The number of rotatable bonds is 4. The maximum atomic E-state index is 12.1. The summed E-state index contributed by atoms with van der Waals surface area (Å²) in [6.07, 6.45) is 3.26. The van der Waals surface area contributed by atoms with E-state index in [0.717, 1.165) is 30.2 Å². The van der Waals surface area contributed by atoms with Crippen molar-refractivity contribution in [2.45, 2.75) is 51.5 Å². The lowest BCUT2D eigenvalue weighted by atomic mass is 9.77. The Kier molecular flexibility index (Phi) is 4.67. The van der Waals surface area contributed by atoms with Crippen molar-refractivity contribution < 1.29 is 14.7 Å². The first kappa shape index (κ1) is 17.6. The average Bonchev–Trinajstić information content (AvgIpc) is 2.81. The number of hydrogen-bond acceptors (Lipinski definition) is 5. The van der Waals surface area contributed by atoms with Gasteiger partial charge in [-0.05, 0) is 26.2 Å². The van der Waals surface area contributed by atoms with Crippen LogP contribution < -0.4 is 4.90 Å². The van der Waals surface area contributed by atoms with E-state index in [2.05, 4.69) is 21.8 Å². The van der Waals surface area contributed by atoms with E-state index < -0.39 is 17.4 Å². The summed E-state index contributed by atoms with van der Waals surface area (Å²) in [5.41, 5.74) is 0.388. The van der Waals surface area contributed by atoms with Crippen LogP contribution in [0.4, 0.5) is 5.82 Å². The summed E-state index contributed by atoms with van der Waals surface area (Å²) in [7, 11) is 1.75. The van der Waals surface area contributed by atoms with Gasteiger partial charge in [0.2, 0.25) is 5.91 Å². The van der Waals surface area contributed by atoms with E-state index >= 15 is 0 Å². The van der Waals surface area contributed by atoms with E-state index in [0.29, 0.717) is 25.9 Å². The molecule has 1 unspecified atom stereocenters. The van der Waals surface area contributed by atoms with Gasteiger partial charge in [0, 0.05) is 44.7 Å². The number of carbonyl (C=O) groups is 2. The molecule has 1 spiro atoms. The second kappa shape index (κ2) is 6.61. The number of piperidine rings is 1. The van der Waals surface area contributed by atoms with Gasteiger partial charge in [0.05, 0.1) is 11.5 Å². The fourth-order valence-electron chi connectivity index (χ4n) is 4.22. The zero-order chi connectivity index (χ0) is 18.2. The number of carboxylic acid groups (broad SMARTS) is 1. The summed E-state index contributed by atoms with van der Waals surface area (Å²) < 4.78 is 0. The lowest BCUT2D eigenvalue weighted by Crippen LogP contribution is -2.56. The average molecular weight is 346 g/mol. The molecule has 2 aliphatic rings. The minimum Gasteiger partial charge on any atom is -0.481 e. The first-order valence-electron chi connectivity index (χ1n) is 8.96. The minimum atomic E-state index is -0.866. The number of anilines is 1. The van der Waals surface area contributed by atoms with E-state index in [1.807, 2.05) is 13.0 Å². The first-order chi connectivity index (χ1) is 11.9. The van der Waals surface area contributed by atoms with Crippen molar-refractivity contribution in [2.24, 2.45) is 5.92 Å². The third-order valence-corrected chi connectivity index (χ3v) is 5.68. The molecule has 0 saturated carbocycles. The largest absolute Gasteiger partial charge is 0.481 e. The van der Waals surface area contributed by atoms with Gasteiger partial charge in [-0.1, -0.05) is 6.92 Å². The highest BCUT2D eigenvalue weighted by Gasteiger charge is 2.55. The number of aromatic nitrogens is 2. The molecular weight excluding hydrogens is 320 g/mol. The molecule has 2 saturated heterocycles. The van der Waals surface area contributed by atoms with Crippen molar-refractivity contribution in [1.29, 1.82) is 0 Å². The van der Waals surface area contributed by atoms with Crippen LogP contribution in [0, 0.1) is 12.8 Å². The molecule has 1 N–H and O–H groups in total. The molecule has 7 heteroatoms. The smallest absolute Gasteiger partial charge is 0.309 e. The van der Waals surface area contributed by atoms with E-state index in [4.69, 9.17) is 0 Å². The Morgan fingerprint density at radius 3 is 2.64 bits per heavy atom. The van der Waals surface area contributed by atoms with Crippen LogP contribution in [0.2, 0.25) is 0 Å². The Morgan fingerprint density at radius 2 is 2.04 bits per heavy atom. The second-order valence-electron chi connectivity index (χ2n) is 7.17. The van der Waals surface area contributed by atoms with Crippen molar-refractivity contribution in [3.8, 4) is 0 Å². The van der Waals surface area contributed by atoms with E-state index in [1.165, 1.54) is 0 Å².